The van der Waals surface area contributed by atoms with E-state index in [-0.39, 0.29) is 0 Å². The van der Waals surface area contributed by atoms with E-state index < -0.39 is 0 Å². The topological polar surface area (TPSA) is 85.2 Å². The third kappa shape index (κ3) is 2.58. The summed E-state index contributed by atoms with van der Waals surface area (Å²) in [6.45, 7) is 3.24. The van der Waals surface area contributed by atoms with Crippen LogP contribution in [0, 0.1) is 11.3 Å². The van der Waals surface area contributed by atoms with E-state index in [1.165, 1.54) is 0 Å². The molecule has 0 aliphatic heterocycles. The molecular formula is C14H13N7S. The summed E-state index contributed by atoms with van der Waals surface area (Å²) in [6, 6.07) is 9.43. The van der Waals surface area contributed by atoms with E-state index in [1.54, 1.807) is 27.7 Å². The van der Waals surface area contributed by atoms with E-state index in [1.807, 2.05) is 19.1 Å². The number of benzene rings is 1. The molecule has 0 bridgehead atoms. The number of thiol groups is 1. The second-order valence-electron chi connectivity index (χ2n) is 4.67. The average Bonchev–Trinajstić information content (AvgIpc) is 3.14. The summed E-state index contributed by atoms with van der Waals surface area (Å²) in [5.41, 5.74) is 2.43. The lowest BCUT2D eigenvalue weighted by Crippen LogP contribution is -2.05. The van der Waals surface area contributed by atoms with Crippen molar-refractivity contribution >= 4 is 12.6 Å². The molecule has 0 fully saturated rings. The van der Waals surface area contributed by atoms with Gasteiger partial charge in [0.25, 0.3) is 0 Å². The number of aryl methyl sites for hydroxylation is 1. The summed E-state index contributed by atoms with van der Waals surface area (Å²) >= 11 is 4.48. The third-order valence-electron chi connectivity index (χ3n) is 3.30. The van der Waals surface area contributed by atoms with Crippen molar-refractivity contribution in [3.8, 4) is 17.5 Å². The Morgan fingerprint density at radius 2 is 2.00 bits per heavy atom. The van der Waals surface area contributed by atoms with Crippen LogP contribution in [0.2, 0.25) is 0 Å². The molecule has 110 valence electrons. The van der Waals surface area contributed by atoms with Gasteiger partial charge in [-0.3, -0.25) is 4.68 Å². The SMILES string of the molecule is CCn1ncc(-c2nnnn2Cc2ccc(C#N)cc2)c1S. The lowest BCUT2D eigenvalue weighted by atomic mass is 10.1. The van der Waals surface area contributed by atoms with Crippen LogP contribution in [0.4, 0.5) is 0 Å². The highest BCUT2D eigenvalue weighted by atomic mass is 32.1. The molecule has 0 amide bonds. The molecule has 0 aliphatic rings. The van der Waals surface area contributed by atoms with Crippen molar-refractivity contribution < 1.29 is 0 Å². The molecule has 0 saturated carbocycles. The summed E-state index contributed by atoms with van der Waals surface area (Å²) in [4.78, 5) is 0. The molecule has 0 saturated heterocycles. The van der Waals surface area contributed by atoms with Crippen molar-refractivity contribution in [2.24, 2.45) is 0 Å². The van der Waals surface area contributed by atoms with Gasteiger partial charge in [-0.25, -0.2) is 4.68 Å². The van der Waals surface area contributed by atoms with E-state index >= 15 is 0 Å². The minimum atomic E-state index is 0.512. The fraction of sp³-hybridized carbons (Fsp3) is 0.214. The normalized spacial score (nSPS) is 10.6. The first kappa shape index (κ1) is 14.3. The van der Waals surface area contributed by atoms with Crippen molar-refractivity contribution in [2.45, 2.75) is 25.0 Å². The highest BCUT2D eigenvalue weighted by Crippen LogP contribution is 2.24. The molecule has 0 atom stereocenters. The number of hydrogen-bond donors (Lipinski definition) is 1. The van der Waals surface area contributed by atoms with E-state index in [9.17, 15) is 0 Å². The third-order valence-corrected chi connectivity index (χ3v) is 3.77. The van der Waals surface area contributed by atoms with Crippen LogP contribution in [0.5, 0.6) is 0 Å². The van der Waals surface area contributed by atoms with E-state index in [2.05, 4.69) is 39.3 Å². The largest absolute Gasteiger partial charge is 0.259 e. The van der Waals surface area contributed by atoms with Gasteiger partial charge in [-0.05, 0) is 35.0 Å². The molecular weight excluding hydrogens is 298 g/mol. The fourth-order valence-corrected chi connectivity index (χ4v) is 2.48. The zero-order valence-corrected chi connectivity index (χ0v) is 12.8. The van der Waals surface area contributed by atoms with Gasteiger partial charge in [-0.1, -0.05) is 12.1 Å². The van der Waals surface area contributed by atoms with Crippen molar-refractivity contribution in [3.63, 3.8) is 0 Å². The molecule has 3 aromatic rings. The Bertz CT molecular complexity index is 826. The molecule has 0 N–H and O–H groups in total. The summed E-state index contributed by atoms with van der Waals surface area (Å²) in [6.07, 6.45) is 1.72. The maximum Gasteiger partial charge on any atom is 0.186 e. The van der Waals surface area contributed by atoms with Crippen molar-refractivity contribution in [3.05, 3.63) is 41.6 Å². The molecule has 2 heterocycles. The zero-order valence-electron chi connectivity index (χ0n) is 11.9. The minimum Gasteiger partial charge on any atom is -0.259 e. The number of tetrazole rings is 1. The fourth-order valence-electron chi connectivity index (χ4n) is 2.13. The smallest absolute Gasteiger partial charge is 0.186 e. The highest BCUT2D eigenvalue weighted by Gasteiger charge is 2.16. The molecule has 0 spiro atoms. The maximum absolute atomic E-state index is 8.83. The Kier molecular flexibility index (Phi) is 3.89. The van der Waals surface area contributed by atoms with Gasteiger partial charge in [0.05, 0.1) is 29.9 Å². The van der Waals surface area contributed by atoms with E-state index in [0.717, 1.165) is 22.7 Å². The van der Waals surface area contributed by atoms with Crippen LogP contribution in [0.3, 0.4) is 0 Å². The quantitative estimate of drug-likeness (QED) is 0.742. The molecule has 0 radical (unpaired) electrons. The standard InChI is InChI=1S/C14H13N7S/c1-2-20-14(22)12(8-16-20)13-17-18-19-21(13)9-11-5-3-10(7-15)4-6-11/h3-6,8,22H,2,9H2,1H3. The second-order valence-corrected chi connectivity index (χ2v) is 5.09. The second kappa shape index (κ2) is 5.99. The van der Waals surface area contributed by atoms with Crippen molar-refractivity contribution in [2.75, 3.05) is 0 Å². The Morgan fingerprint density at radius 3 is 2.64 bits per heavy atom. The van der Waals surface area contributed by atoms with Gasteiger partial charge in [-0.2, -0.15) is 10.4 Å². The summed E-state index contributed by atoms with van der Waals surface area (Å²) in [5, 5.41) is 25.7. The Hall–Kier alpha value is -2.66. The number of nitriles is 1. The predicted octanol–water partition coefficient (Wildman–Crippen LogP) is 1.77. The van der Waals surface area contributed by atoms with Gasteiger partial charge in [0, 0.05) is 6.54 Å². The molecule has 7 nitrogen and oxygen atoms in total. The van der Waals surface area contributed by atoms with Crippen LogP contribution >= 0.6 is 12.6 Å². The van der Waals surface area contributed by atoms with Gasteiger partial charge >= 0.3 is 0 Å². The Balaban J connectivity index is 1.91. The Morgan fingerprint density at radius 1 is 1.23 bits per heavy atom. The summed E-state index contributed by atoms with van der Waals surface area (Å²) in [7, 11) is 0. The molecule has 2 aromatic heterocycles. The zero-order chi connectivity index (χ0) is 15.5. The van der Waals surface area contributed by atoms with Crippen LogP contribution in [-0.2, 0) is 13.1 Å². The first-order valence-electron chi connectivity index (χ1n) is 6.73. The first-order valence-corrected chi connectivity index (χ1v) is 7.18. The monoisotopic (exact) mass is 311 g/mol. The first-order chi connectivity index (χ1) is 10.7. The average molecular weight is 311 g/mol. The van der Waals surface area contributed by atoms with Gasteiger partial charge in [0.15, 0.2) is 5.82 Å². The van der Waals surface area contributed by atoms with E-state index in [0.29, 0.717) is 17.9 Å². The van der Waals surface area contributed by atoms with Gasteiger partial charge < -0.3 is 0 Å². The predicted molar refractivity (Wildman–Crippen MR) is 82.2 cm³/mol. The maximum atomic E-state index is 8.83. The minimum absolute atomic E-state index is 0.512. The van der Waals surface area contributed by atoms with Crippen LogP contribution < -0.4 is 0 Å². The van der Waals surface area contributed by atoms with Crippen molar-refractivity contribution in [1.82, 2.24) is 30.0 Å². The Labute approximate surface area is 132 Å². The van der Waals surface area contributed by atoms with Gasteiger partial charge in [0.2, 0.25) is 0 Å². The van der Waals surface area contributed by atoms with Gasteiger partial charge in [0.1, 0.15) is 5.03 Å². The van der Waals surface area contributed by atoms with Gasteiger partial charge in [-0.15, -0.1) is 17.7 Å². The van der Waals surface area contributed by atoms with Crippen LogP contribution in [0.1, 0.15) is 18.1 Å². The van der Waals surface area contributed by atoms with Crippen LogP contribution in [0.15, 0.2) is 35.5 Å². The number of hydrogen-bond acceptors (Lipinski definition) is 6. The molecule has 8 heteroatoms. The molecule has 1 aromatic carbocycles. The lowest BCUT2D eigenvalue weighted by molar-refractivity contribution is 0.606. The molecule has 0 unspecified atom stereocenters. The molecule has 0 aliphatic carbocycles. The number of nitrogens with zero attached hydrogens (tertiary/aromatic N) is 7. The van der Waals surface area contributed by atoms with Crippen LogP contribution in [-0.4, -0.2) is 30.0 Å². The molecule has 3 rings (SSSR count). The molecule has 22 heavy (non-hydrogen) atoms. The lowest BCUT2D eigenvalue weighted by Gasteiger charge is -2.05. The number of rotatable bonds is 4. The number of aromatic nitrogens is 6. The summed E-state index contributed by atoms with van der Waals surface area (Å²) in [5.74, 6) is 0.619. The van der Waals surface area contributed by atoms with Crippen LogP contribution in [0.25, 0.3) is 11.4 Å². The van der Waals surface area contributed by atoms with E-state index in [4.69, 9.17) is 5.26 Å². The van der Waals surface area contributed by atoms with Crippen molar-refractivity contribution in [1.29, 1.82) is 5.26 Å². The highest BCUT2D eigenvalue weighted by molar-refractivity contribution is 7.80. The summed E-state index contributed by atoms with van der Waals surface area (Å²) < 4.78 is 3.47.